The van der Waals surface area contributed by atoms with Crippen molar-refractivity contribution in [2.24, 2.45) is 4.99 Å². The topological polar surface area (TPSA) is 125 Å². The number of nitrogens with zero attached hydrogens (tertiary/aromatic N) is 3. The monoisotopic (exact) mass is 492 g/mol. The number of fused-ring (bicyclic) bond motifs is 1. The van der Waals surface area contributed by atoms with E-state index in [1.165, 1.54) is 6.92 Å². The van der Waals surface area contributed by atoms with Gasteiger partial charge in [0.15, 0.2) is 11.5 Å². The number of piperazine rings is 1. The molecule has 0 saturated carbocycles. The van der Waals surface area contributed by atoms with E-state index in [0.29, 0.717) is 30.4 Å². The molecular formula is C25H28N6O5. The molecule has 1 unspecified atom stereocenters. The molecule has 3 N–H and O–H groups in total. The van der Waals surface area contributed by atoms with Crippen LogP contribution in [0.4, 0.5) is 11.4 Å². The van der Waals surface area contributed by atoms with Crippen LogP contribution in [-0.4, -0.2) is 72.5 Å². The molecule has 3 aliphatic rings. The Labute approximate surface area is 208 Å². The summed E-state index contributed by atoms with van der Waals surface area (Å²) < 4.78 is 10.8. The first-order valence-corrected chi connectivity index (χ1v) is 11.8. The molecule has 0 radical (unpaired) electrons. The highest BCUT2D eigenvalue weighted by Crippen LogP contribution is 2.32. The minimum absolute atomic E-state index is 0.0105. The first-order valence-electron chi connectivity index (χ1n) is 11.8. The molecule has 0 bridgehead atoms. The minimum atomic E-state index is -0.810. The highest BCUT2D eigenvalue weighted by Gasteiger charge is 2.30. The van der Waals surface area contributed by atoms with E-state index in [-0.39, 0.29) is 30.9 Å². The van der Waals surface area contributed by atoms with Crippen molar-refractivity contribution < 1.29 is 23.9 Å². The fourth-order valence-electron chi connectivity index (χ4n) is 4.37. The lowest BCUT2D eigenvalue weighted by atomic mass is 10.1. The van der Waals surface area contributed by atoms with Gasteiger partial charge in [0.05, 0.1) is 6.42 Å². The molecule has 188 valence electrons. The van der Waals surface area contributed by atoms with Gasteiger partial charge in [-0.1, -0.05) is 6.07 Å². The van der Waals surface area contributed by atoms with Gasteiger partial charge >= 0.3 is 0 Å². The number of nitrogens with one attached hydrogen (secondary N) is 3. The van der Waals surface area contributed by atoms with Gasteiger partial charge in [0.1, 0.15) is 6.04 Å². The first-order chi connectivity index (χ1) is 17.4. The van der Waals surface area contributed by atoms with Crippen LogP contribution in [0.25, 0.3) is 0 Å². The first kappa shape index (κ1) is 23.6. The summed E-state index contributed by atoms with van der Waals surface area (Å²) in [6.45, 7) is 5.43. The summed E-state index contributed by atoms with van der Waals surface area (Å²) in [4.78, 5) is 45.2. The SMILES string of the molecule is CC(=O)Nc1ccc(NC(=O)C2CC(=O)NC(N3CCN(Cc4ccc5c(c4)OCO5)CC3)=N2)cc1. The van der Waals surface area contributed by atoms with Gasteiger partial charge in [-0.25, -0.2) is 4.99 Å². The van der Waals surface area contributed by atoms with Gasteiger partial charge in [-0.2, -0.15) is 0 Å². The molecule has 11 heteroatoms. The summed E-state index contributed by atoms with van der Waals surface area (Å²) in [5.74, 6) is 1.24. The van der Waals surface area contributed by atoms with E-state index >= 15 is 0 Å². The average Bonchev–Trinajstić information content (AvgIpc) is 3.33. The number of rotatable bonds is 5. The van der Waals surface area contributed by atoms with Crippen molar-refractivity contribution in [3.05, 3.63) is 48.0 Å². The van der Waals surface area contributed by atoms with E-state index in [9.17, 15) is 14.4 Å². The number of guanidine groups is 1. The second-order valence-corrected chi connectivity index (χ2v) is 8.92. The maximum absolute atomic E-state index is 12.8. The number of ether oxygens (including phenoxy) is 2. The van der Waals surface area contributed by atoms with E-state index in [0.717, 1.165) is 36.7 Å². The van der Waals surface area contributed by atoms with Crippen molar-refractivity contribution in [2.75, 3.05) is 43.6 Å². The Hall–Kier alpha value is -4.12. The van der Waals surface area contributed by atoms with Crippen LogP contribution in [0.5, 0.6) is 11.5 Å². The van der Waals surface area contributed by atoms with E-state index in [1.54, 1.807) is 24.3 Å². The van der Waals surface area contributed by atoms with Gasteiger partial charge in [-0.05, 0) is 42.0 Å². The van der Waals surface area contributed by atoms with Gasteiger partial charge in [0, 0.05) is 51.0 Å². The molecule has 36 heavy (non-hydrogen) atoms. The number of carbonyl (C=O) groups is 3. The number of amides is 3. The number of aliphatic imine (C=N–C) groups is 1. The van der Waals surface area contributed by atoms with E-state index in [1.807, 2.05) is 23.1 Å². The van der Waals surface area contributed by atoms with Crippen molar-refractivity contribution >= 4 is 35.1 Å². The standard InChI is InChI=1S/C25H28N6O5/c1-16(32)26-18-3-5-19(6-4-18)27-24(34)20-13-23(33)29-25(28-20)31-10-8-30(9-11-31)14-17-2-7-21-22(12-17)36-15-35-21/h2-7,12,20H,8-11,13-15H2,1H3,(H,26,32)(H,27,34)(H,28,29,33). The van der Waals surface area contributed by atoms with Crippen LogP contribution in [0.1, 0.15) is 18.9 Å². The lowest BCUT2D eigenvalue weighted by molar-refractivity contribution is -0.125. The predicted molar refractivity (Wildman–Crippen MR) is 133 cm³/mol. The molecule has 2 aromatic carbocycles. The van der Waals surface area contributed by atoms with Crippen LogP contribution in [0.15, 0.2) is 47.5 Å². The molecule has 1 fully saturated rings. The summed E-state index contributed by atoms with van der Waals surface area (Å²) in [5.41, 5.74) is 2.35. The summed E-state index contributed by atoms with van der Waals surface area (Å²) >= 11 is 0. The molecule has 3 amide bonds. The molecule has 1 atom stereocenters. The van der Waals surface area contributed by atoms with Crippen molar-refractivity contribution in [1.29, 1.82) is 0 Å². The predicted octanol–water partition coefficient (Wildman–Crippen LogP) is 1.37. The molecule has 0 spiro atoms. The Morgan fingerprint density at radius 3 is 2.42 bits per heavy atom. The van der Waals surface area contributed by atoms with Gasteiger partial charge in [0.2, 0.25) is 30.5 Å². The Morgan fingerprint density at radius 2 is 1.69 bits per heavy atom. The maximum Gasteiger partial charge on any atom is 0.249 e. The van der Waals surface area contributed by atoms with Gasteiger partial charge in [-0.15, -0.1) is 0 Å². The molecule has 2 aromatic rings. The van der Waals surface area contributed by atoms with E-state index < -0.39 is 6.04 Å². The quantitative estimate of drug-likeness (QED) is 0.576. The van der Waals surface area contributed by atoms with Gasteiger partial charge in [-0.3, -0.25) is 24.6 Å². The molecule has 3 heterocycles. The van der Waals surface area contributed by atoms with Crippen LogP contribution in [-0.2, 0) is 20.9 Å². The van der Waals surface area contributed by atoms with E-state index in [2.05, 4.69) is 25.8 Å². The number of anilines is 2. The Bertz CT molecular complexity index is 1190. The molecular weight excluding hydrogens is 464 g/mol. The zero-order valence-electron chi connectivity index (χ0n) is 20.0. The lowest BCUT2D eigenvalue weighted by Gasteiger charge is -2.37. The molecule has 1 saturated heterocycles. The number of hydrogen-bond donors (Lipinski definition) is 3. The number of benzene rings is 2. The second-order valence-electron chi connectivity index (χ2n) is 8.92. The Kier molecular flexibility index (Phi) is 6.72. The van der Waals surface area contributed by atoms with Crippen molar-refractivity contribution in [2.45, 2.75) is 25.9 Å². The van der Waals surface area contributed by atoms with Crippen molar-refractivity contribution in [1.82, 2.24) is 15.1 Å². The summed E-state index contributed by atoms with van der Waals surface area (Å²) in [5, 5.41) is 8.30. The smallest absolute Gasteiger partial charge is 0.249 e. The summed E-state index contributed by atoms with van der Waals surface area (Å²) in [6.07, 6.45) is -0.0105. The molecule has 0 aromatic heterocycles. The highest BCUT2D eigenvalue weighted by atomic mass is 16.7. The zero-order chi connectivity index (χ0) is 25.1. The largest absolute Gasteiger partial charge is 0.454 e. The lowest BCUT2D eigenvalue weighted by Crippen LogP contribution is -2.56. The fourth-order valence-corrected chi connectivity index (χ4v) is 4.37. The summed E-state index contributed by atoms with van der Waals surface area (Å²) in [7, 11) is 0. The highest BCUT2D eigenvalue weighted by molar-refractivity contribution is 6.06. The van der Waals surface area contributed by atoms with Crippen LogP contribution in [0, 0.1) is 0 Å². The van der Waals surface area contributed by atoms with E-state index in [4.69, 9.17) is 9.47 Å². The fraction of sp³-hybridized carbons (Fsp3) is 0.360. The third-order valence-electron chi connectivity index (χ3n) is 6.20. The molecule has 5 rings (SSSR count). The van der Waals surface area contributed by atoms with Gasteiger partial charge < -0.3 is 25.0 Å². The summed E-state index contributed by atoms with van der Waals surface area (Å²) in [6, 6.07) is 12.0. The Balaban J connectivity index is 1.16. The van der Waals surface area contributed by atoms with Crippen LogP contribution >= 0.6 is 0 Å². The zero-order valence-corrected chi connectivity index (χ0v) is 20.0. The van der Waals surface area contributed by atoms with Crippen molar-refractivity contribution in [3.8, 4) is 11.5 Å². The third kappa shape index (κ3) is 5.57. The van der Waals surface area contributed by atoms with Crippen LogP contribution in [0.2, 0.25) is 0 Å². The average molecular weight is 493 g/mol. The number of hydrogen-bond acceptors (Lipinski definition) is 8. The normalized spacial score (nSPS) is 19.4. The number of carbonyl (C=O) groups excluding carboxylic acids is 3. The molecule has 0 aliphatic carbocycles. The maximum atomic E-state index is 12.8. The van der Waals surface area contributed by atoms with Crippen LogP contribution in [0.3, 0.4) is 0 Å². The molecule has 11 nitrogen and oxygen atoms in total. The van der Waals surface area contributed by atoms with Crippen LogP contribution < -0.4 is 25.4 Å². The second kappa shape index (κ2) is 10.2. The minimum Gasteiger partial charge on any atom is -0.454 e. The van der Waals surface area contributed by atoms with Crippen molar-refractivity contribution in [3.63, 3.8) is 0 Å². The third-order valence-corrected chi connectivity index (χ3v) is 6.20. The Morgan fingerprint density at radius 1 is 1.00 bits per heavy atom. The van der Waals surface area contributed by atoms with Gasteiger partial charge in [0.25, 0.3) is 0 Å². The molecule has 3 aliphatic heterocycles.